The Labute approximate surface area is 168 Å². The Kier molecular flexibility index (Phi) is 7.04. The van der Waals surface area contributed by atoms with Gasteiger partial charge in [0, 0.05) is 0 Å². The number of carbonyl (C=O) groups is 1. The zero-order valence-corrected chi connectivity index (χ0v) is 15.8. The van der Waals surface area contributed by atoms with E-state index in [-0.39, 0.29) is 12.5 Å². The summed E-state index contributed by atoms with van der Waals surface area (Å²) in [5.41, 5.74) is 4.35. The second-order valence-electron chi connectivity index (χ2n) is 5.86. The minimum atomic E-state index is -0.376. The van der Waals surface area contributed by atoms with Gasteiger partial charge in [-0.15, -0.1) is 0 Å². The molecule has 0 saturated carbocycles. The summed E-state index contributed by atoms with van der Waals surface area (Å²) in [5.74, 6) is 0.839. The number of carbonyl (C=O) groups excluding carboxylic acids is 1. The highest BCUT2D eigenvalue weighted by molar-refractivity contribution is 6.32. The molecular formula is C22H19ClN2O3. The SMILES string of the molecule is O=C(COc1ccccc1Cl)N/N=C/c1ccc(OCc2ccccc2)cc1. The van der Waals surface area contributed by atoms with E-state index >= 15 is 0 Å². The first-order valence-electron chi connectivity index (χ1n) is 8.67. The van der Waals surface area contributed by atoms with Gasteiger partial charge in [0.1, 0.15) is 18.1 Å². The van der Waals surface area contributed by atoms with Gasteiger partial charge in [-0.3, -0.25) is 4.79 Å². The molecular weight excluding hydrogens is 376 g/mol. The second-order valence-corrected chi connectivity index (χ2v) is 6.26. The van der Waals surface area contributed by atoms with E-state index in [1.54, 1.807) is 30.5 Å². The van der Waals surface area contributed by atoms with Gasteiger partial charge in [0.2, 0.25) is 0 Å². The van der Waals surface area contributed by atoms with Crippen molar-refractivity contribution in [1.82, 2.24) is 5.43 Å². The van der Waals surface area contributed by atoms with Gasteiger partial charge >= 0.3 is 0 Å². The third-order valence-corrected chi connectivity index (χ3v) is 4.04. The van der Waals surface area contributed by atoms with Crippen LogP contribution in [0.3, 0.4) is 0 Å². The zero-order chi connectivity index (χ0) is 19.6. The summed E-state index contributed by atoms with van der Waals surface area (Å²) < 4.78 is 11.1. The predicted molar refractivity (Wildman–Crippen MR) is 110 cm³/mol. The first kappa shape index (κ1) is 19.5. The monoisotopic (exact) mass is 394 g/mol. The molecule has 0 atom stereocenters. The van der Waals surface area contributed by atoms with Crippen molar-refractivity contribution in [2.24, 2.45) is 5.10 Å². The zero-order valence-electron chi connectivity index (χ0n) is 15.0. The fraction of sp³-hybridized carbons (Fsp3) is 0.0909. The number of hydrazone groups is 1. The molecule has 0 aromatic heterocycles. The number of hydrogen-bond donors (Lipinski definition) is 1. The number of amides is 1. The van der Waals surface area contributed by atoms with Crippen LogP contribution < -0.4 is 14.9 Å². The van der Waals surface area contributed by atoms with E-state index in [0.29, 0.717) is 17.4 Å². The van der Waals surface area contributed by atoms with Gasteiger partial charge in [-0.1, -0.05) is 54.1 Å². The predicted octanol–water partition coefficient (Wildman–Crippen LogP) is 4.45. The van der Waals surface area contributed by atoms with E-state index in [4.69, 9.17) is 21.1 Å². The molecule has 0 aliphatic heterocycles. The normalized spacial score (nSPS) is 10.6. The molecule has 0 fully saturated rings. The molecule has 0 saturated heterocycles. The maximum Gasteiger partial charge on any atom is 0.277 e. The Hall–Kier alpha value is -3.31. The van der Waals surface area contributed by atoms with Gasteiger partial charge in [0.05, 0.1) is 11.2 Å². The summed E-state index contributed by atoms with van der Waals surface area (Å²) in [5, 5.41) is 4.37. The van der Waals surface area contributed by atoms with Gasteiger partial charge in [-0.05, 0) is 47.5 Å². The molecule has 5 nitrogen and oxygen atoms in total. The van der Waals surface area contributed by atoms with Crippen molar-refractivity contribution in [3.63, 3.8) is 0 Å². The molecule has 3 aromatic rings. The van der Waals surface area contributed by atoms with Crippen molar-refractivity contribution >= 4 is 23.7 Å². The fourth-order valence-corrected chi connectivity index (χ4v) is 2.50. The third-order valence-electron chi connectivity index (χ3n) is 3.73. The highest BCUT2D eigenvalue weighted by Gasteiger charge is 2.04. The summed E-state index contributed by atoms with van der Waals surface area (Å²) in [6.07, 6.45) is 1.55. The van der Waals surface area contributed by atoms with Crippen LogP contribution in [-0.2, 0) is 11.4 Å². The number of hydrogen-bond acceptors (Lipinski definition) is 4. The first-order chi connectivity index (χ1) is 13.7. The molecule has 0 heterocycles. The average molecular weight is 395 g/mol. The minimum absolute atomic E-state index is 0.173. The van der Waals surface area contributed by atoms with Crippen LogP contribution >= 0.6 is 11.6 Å². The van der Waals surface area contributed by atoms with Gasteiger partial charge in [0.15, 0.2) is 6.61 Å². The molecule has 0 spiro atoms. The van der Waals surface area contributed by atoms with Gasteiger partial charge in [-0.25, -0.2) is 5.43 Å². The van der Waals surface area contributed by atoms with E-state index in [0.717, 1.165) is 16.9 Å². The number of rotatable bonds is 8. The van der Waals surface area contributed by atoms with Crippen LogP contribution in [0.25, 0.3) is 0 Å². The number of para-hydroxylation sites is 1. The first-order valence-corrected chi connectivity index (χ1v) is 9.04. The van der Waals surface area contributed by atoms with Crippen LogP contribution in [0.1, 0.15) is 11.1 Å². The molecule has 0 aliphatic rings. The molecule has 3 rings (SSSR count). The van der Waals surface area contributed by atoms with Crippen molar-refractivity contribution in [2.45, 2.75) is 6.61 Å². The Balaban J connectivity index is 1.42. The molecule has 1 amide bonds. The molecule has 6 heteroatoms. The molecule has 1 N–H and O–H groups in total. The summed E-state index contributed by atoms with van der Waals surface area (Å²) in [4.78, 5) is 11.8. The van der Waals surface area contributed by atoms with E-state index in [1.165, 1.54) is 0 Å². The molecule has 3 aromatic carbocycles. The standard InChI is InChI=1S/C22H19ClN2O3/c23-20-8-4-5-9-21(20)28-16-22(26)25-24-14-17-10-12-19(13-11-17)27-15-18-6-2-1-3-7-18/h1-14H,15-16H2,(H,25,26)/b24-14+. The van der Waals surface area contributed by atoms with Crippen molar-refractivity contribution in [2.75, 3.05) is 6.61 Å². The quantitative estimate of drug-likeness (QED) is 0.453. The van der Waals surface area contributed by atoms with Crippen LogP contribution in [0.2, 0.25) is 5.02 Å². The van der Waals surface area contributed by atoms with Crippen LogP contribution in [0.15, 0.2) is 84.0 Å². The number of benzene rings is 3. The number of nitrogens with zero attached hydrogens (tertiary/aromatic N) is 1. The van der Waals surface area contributed by atoms with E-state index in [9.17, 15) is 4.79 Å². The van der Waals surface area contributed by atoms with Gasteiger partial charge in [-0.2, -0.15) is 5.10 Å². The maximum absolute atomic E-state index is 11.8. The fourth-order valence-electron chi connectivity index (χ4n) is 2.31. The lowest BCUT2D eigenvalue weighted by Crippen LogP contribution is -2.24. The molecule has 0 bridgehead atoms. The lowest BCUT2D eigenvalue weighted by molar-refractivity contribution is -0.123. The van der Waals surface area contributed by atoms with E-state index in [2.05, 4.69) is 10.5 Å². The van der Waals surface area contributed by atoms with Crippen molar-refractivity contribution < 1.29 is 14.3 Å². The third kappa shape index (κ3) is 6.14. The average Bonchev–Trinajstić information content (AvgIpc) is 2.73. The largest absolute Gasteiger partial charge is 0.489 e. The van der Waals surface area contributed by atoms with Gasteiger partial charge in [0.25, 0.3) is 5.91 Å². The summed E-state index contributed by atoms with van der Waals surface area (Å²) in [6, 6.07) is 24.3. The Bertz CT molecular complexity index is 928. The van der Waals surface area contributed by atoms with Crippen molar-refractivity contribution in [1.29, 1.82) is 0 Å². The van der Waals surface area contributed by atoms with Crippen molar-refractivity contribution in [3.05, 3.63) is 95.0 Å². The van der Waals surface area contributed by atoms with Crippen LogP contribution in [0.4, 0.5) is 0 Å². The topological polar surface area (TPSA) is 59.9 Å². The van der Waals surface area contributed by atoms with E-state index in [1.807, 2.05) is 54.6 Å². The number of halogens is 1. The Morgan fingerprint density at radius 3 is 2.39 bits per heavy atom. The molecule has 142 valence electrons. The van der Waals surface area contributed by atoms with Crippen LogP contribution in [0.5, 0.6) is 11.5 Å². The molecule has 0 unspecified atom stereocenters. The maximum atomic E-state index is 11.8. The van der Waals surface area contributed by atoms with Crippen molar-refractivity contribution in [3.8, 4) is 11.5 Å². The summed E-state index contributed by atoms with van der Waals surface area (Å²) in [7, 11) is 0. The van der Waals surface area contributed by atoms with E-state index < -0.39 is 0 Å². The summed E-state index contributed by atoms with van der Waals surface area (Å²) >= 11 is 5.97. The second kappa shape index (κ2) is 10.1. The smallest absolute Gasteiger partial charge is 0.277 e. The highest BCUT2D eigenvalue weighted by Crippen LogP contribution is 2.22. The Morgan fingerprint density at radius 2 is 1.64 bits per heavy atom. The molecule has 28 heavy (non-hydrogen) atoms. The molecule has 0 aliphatic carbocycles. The lowest BCUT2D eigenvalue weighted by Gasteiger charge is -2.07. The highest BCUT2D eigenvalue weighted by atomic mass is 35.5. The number of ether oxygens (including phenoxy) is 2. The van der Waals surface area contributed by atoms with Gasteiger partial charge < -0.3 is 9.47 Å². The lowest BCUT2D eigenvalue weighted by atomic mass is 10.2. The Morgan fingerprint density at radius 1 is 0.929 bits per heavy atom. The molecule has 0 radical (unpaired) electrons. The minimum Gasteiger partial charge on any atom is -0.489 e. The number of nitrogens with one attached hydrogen (secondary N) is 1. The van der Waals surface area contributed by atoms with Crippen LogP contribution in [-0.4, -0.2) is 18.7 Å². The van der Waals surface area contributed by atoms with Crippen LogP contribution in [0, 0.1) is 0 Å². The summed E-state index contributed by atoms with van der Waals surface area (Å²) in [6.45, 7) is 0.336.